The molecule has 0 spiro atoms. The van der Waals surface area contributed by atoms with Gasteiger partial charge in [0.05, 0.1) is 12.2 Å². The van der Waals surface area contributed by atoms with Crippen LogP contribution in [0.4, 0.5) is 10.2 Å². The zero-order valence-electron chi connectivity index (χ0n) is 18.5. The van der Waals surface area contributed by atoms with Gasteiger partial charge in [0, 0.05) is 24.6 Å². The summed E-state index contributed by atoms with van der Waals surface area (Å²) >= 11 is 0. The van der Waals surface area contributed by atoms with Crippen molar-refractivity contribution in [2.24, 2.45) is 5.92 Å². The van der Waals surface area contributed by atoms with Gasteiger partial charge in [0.15, 0.2) is 0 Å². The van der Waals surface area contributed by atoms with Crippen molar-refractivity contribution in [1.29, 1.82) is 0 Å². The highest BCUT2D eigenvalue weighted by Gasteiger charge is 2.30. The fraction of sp³-hybridized carbons (Fsp3) is 0.522. The Morgan fingerprint density at radius 2 is 1.87 bits per heavy atom. The van der Waals surface area contributed by atoms with Gasteiger partial charge in [0.1, 0.15) is 11.6 Å². The third-order valence-corrected chi connectivity index (χ3v) is 5.89. The summed E-state index contributed by atoms with van der Waals surface area (Å²) in [5.41, 5.74) is 0.608. The number of halogens is 1. The first kappa shape index (κ1) is 22.9. The number of hydrogen-bond acceptors (Lipinski definition) is 4. The molecule has 2 amide bonds. The maximum Gasteiger partial charge on any atom is 0.242 e. The van der Waals surface area contributed by atoms with Gasteiger partial charge < -0.3 is 10.6 Å². The van der Waals surface area contributed by atoms with Gasteiger partial charge in [-0.05, 0) is 64.8 Å². The molecule has 1 aliphatic rings. The largest absolute Gasteiger partial charge is 0.356 e. The second-order valence-corrected chi connectivity index (χ2v) is 8.36. The Bertz CT molecular complexity index is 890. The van der Waals surface area contributed by atoms with Crippen LogP contribution in [-0.2, 0) is 16.0 Å². The van der Waals surface area contributed by atoms with E-state index in [9.17, 15) is 14.0 Å². The molecule has 7 nitrogen and oxygen atoms in total. The summed E-state index contributed by atoms with van der Waals surface area (Å²) in [5.74, 6) is 0.309. The predicted molar refractivity (Wildman–Crippen MR) is 118 cm³/mol. The van der Waals surface area contributed by atoms with E-state index in [-0.39, 0.29) is 35.6 Å². The van der Waals surface area contributed by atoms with Gasteiger partial charge in [-0.3, -0.25) is 14.5 Å². The molecule has 31 heavy (non-hydrogen) atoms. The van der Waals surface area contributed by atoms with Gasteiger partial charge in [-0.25, -0.2) is 9.07 Å². The molecule has 0 bridgehead atoms. The highest BCUT2D eigenvalue weighted by Crippen LogP contribution is 2.20. The number of aromatic nitrogens is 2. The molecule has 2 N–H and O–H groups in total. The lowest BCUT2D eigenvalue weighted by molar-refractivity contribution is -0.127. The number of piperidine rings is 1. The first-order valence-corrected chi connectivity index (χ1v) is 11.0. The molecular formula is C23H32FN5O2. The van der Waals surface area contributed by atoms with Crippen LogP contribution in [0.25, 0.3) is 0 Å². The van der Waals surface area contributed by atoms with Crippen LogP contribution in [0.1, 0.15) is 45.2 Å². The second-order valence-electron chi connectivity index (χ2n) is 8.36. The average molecular weight is 430 g/mol. The maximum atomic E-state index is 13.7. The number of nitrogens with one attached hydrogen (secondary N) is 2. The fourth-order valence-corrected chi connectivity index (χ4v) is 3.94. The van der Waals surface area contributed by atoms with Crippen LogP contribution in [0.2, 0.25) is 0 Å². The zero-order valence-corrected chi connectivity index (χ0v) is 18.5. The van der Waals surface area contributed by atoms with E-state index in [1.54, 1.807) is 35.1 Å². The number of rotatable bonds is 8. The van der Waals surface area contributed by atoms with Crippen molar-refractivity contribution in [2.75, 3.05) is 25.0 Å². The van der Waals surface area contributed by atoms with Crippen molar-refractivity contribution in [3.05, 3.63) is 47.9 Å². The third-order valence-electron chi connectivity index (χ3n) is 5.89. The van der Waals surface area contributed by atoms with Crippen molar-refractivity contribution in [3.63, 3.8) is 0 Å². The molecular weight excluding hydrogens is 397 g/mol. The van der Waals surface area contributed by atoms with Crippen molar-refractivity contribution < 1.29 is 14.0 Å². The topological polar surface area (TPSA) is 79.3 Å². The Labute approximate surface area is 183 Å². The Morgan fingerprint density at radius 3 is 2.55 bits per heavy atom. The summed E-state index contributed by atoms with van der Waals surface area (Å²) in [5, 5.41) is 10.1. The second kappa shape index (κ2) is 10.5. The molecule has 1 aliphatic heterocycles. The Morgan fingerprint density at radius 1 is 1.16 bits per heavy atom. The third kappa shape index (κ3) is 5.91. The Balaban J connectivity index is 1.43. The summed E-state index contributed by atoms with van der Waals surface area (Å²) in [7, 11) is 0. The summed E-state index contributed by atoms with van der Waals surface area (Å²) in [4.78, 5) is 27.3. The van der Waals surface area contributed by atoms with E-state index in [1.807, 2.05) is 20.8 Å². The Kier molecular flexibility index (Phi) is 7.79. The van der Waals surface area contributed by atoms with Crippen molar-refractivity contribution >= 4 is 17.6 Å². The number of carbonyl (C=O) groups excluding carboxylic acids is 2. The van der Waals surface area contributed by atoms with Gasteiger partial charge in [-0.1, -0.05) is 18.2 Å². The van der Waals surface area contributed by atoms with Crippen LogP contribution in [0.3, 0.4) is 0 Å². The van der Waals surface area contributed by atoms with Gasteiger partial charge in [-0.2, -0.15) is 5.10 Å². The van der Waals surface area contributed by atoms with Crippen LogP contribution in [0, 0.1) is 11.7 Å². The first-order chi connectivity index (χ1) is 14.9. The molecule has 1 aromatic carbocycles. The molecule has 3 rings (SSSR count). The van der Waals surface area contributed by atoms with E-state index in [4.69, 9.17) is 0 Å². The van der Waals surface area contributed by atoms with Crippen LogP contribution in [0.15, 0.2) is 36.5 Å². The lowest BCUT2D eigenvalue weighted by Gasteiger charge is -2.34. The number of likely N-dealkylation sites (tertiary alicyclic amines) is 1. The van der Waals surface area contributed by atoms with E-state index in [0.29, 0.717) is 50.3 Å². The van der Waals surface area contributed by atoms with Crippen LogP contribution in [0.5, 0.6) is 0 Å². The minimum atomic E-state index is -0.291. The van der Waals surface area contributed by atoms with Crippen LogP contribution >= 0.6 is 0 Å². The van der Waals surface area contributed by atoms with Crippen molar-refractivity contribution in [2.45, 2.75) is 52.1 Å². The average Bonchev–Trinajstić information content (AvgIpc) is 3.23. The van der Waals surface area contributed by atoms with Gasteiger partial charge in [0.2, 0.25) is 11.8 Å². The minimum absolute atomic E-state index is 0.00827. The normalized spacial score (nSPS) is 16.3. The zero-order chi connectivity index (χ0) is 22.4. The smallest absolute Gasteiger partial charge is 0.242 e. The molecule has 0 unspecified atom stereocenters. The van der Waals surface area contributed by atoms with E-state index in [0.717, 1.165) is 0 Å². The van der Waals surface area contributed by atoms with Crippen LogP contribution < -0.4 is 10.6 Å². The molecule has 0 aliphatic carbocycles. The number of hydrogen-bond donors (Lipinski definition) is 2. The monoisotopic (exact) mass is 429 g/mol. The molecule has 1 saturated heterocycles. The minimum Gasteiger partial charge on any atom is -0.356 e. The Hall–Kier alpha value is -2.74. The highest BCUT2D eigenvalue weighted by atomic mass is 19.1. The quantitative estimate of drug-likeness (QED) is 0.676. The predicted octanol–water partition coefficient (Wildman–Crippen LogP) is 3.00. The van der Waals surface area contributed by atoms with E-state index in [1.165, 1.54) is 6.07 Å². The molecule has 0 saturated carbocycles. The van der Waals surface area contributed by atoms with Gasteiger partial charge >= 0.3 is 0 Å². The molecule has 2 heterocycles. The molecule has 168 valence electrons. The highest BCUT2D eigenvalue weighted by molar-refractivity contribution is 5.93. The van der Waals surface area contributed by atoms with Crippen molar-refractivity contribution in [3.8, 4) is 0 Å². The summed E-state index contributed by atoms with van der Waals surface area (Å²) in [6, 6.07) is 8.29. The van der Waals surface area contributed by atoms with Crippen LogP contribution in [-0.4, -0.2) is 52.2 Å². The van der Waals surface area contributed by atoms with E-state index >= 15 is 0 Å². The van der Waals surface area contributed by atoms with Crippen molar-refractivity contribution in [1.82, 2.24) is 20.0 Å². The molecule has 8 heteroatoms. The van der Waals surface area contributed by atoms with E-state index < -0.39 is 0 Å². The molecule has 2 aromatic rings. The fourth-order valence-electron chi connectivity index (χ4n) is 3.94. The molecule has 1 fully saturated rings. The summed E-state index contributed by atoms with van der Waals surface area (Å²) in [6.45, 7) is 7.70. The number of anilines is 1. The number of amides is 2. The first-order valence-electron chi connectivity index (χ1n) is 11.0. The maximum absolute atomic E-state index is 13.7. The lowest BCUT2D eigenvalue weighted by atomic mass is 9.94. The lowest BCUT2D eigenvalue weighted by Crippen LogP contribution is -2.48. The number of benzene rings is 1. The number of carbonyl (C=O) groups is 2. The SMILES string of the molecule is CC(C)n1nccc1NC(=O)[C@@H](C)N1CCC(C(=O)NCCc2ccccc2F)CC1. The summed E-state index contributed by atoms with van der Waals surface area (Å²) < 4.78 is 15.5. The van der Waals surface area contributed by atoms with Gasteiger partial charge in [0.25, 0.3) is 0 Å². The standard InChI is InChI=1S/C23H32FN5O2/c1-16(2)29-21(9-13-26-29)27-22(30)17(3)28-14-10-19(11-15-28)23(31)25-12-8-18-6-4-5-7-20(18)24/h4-7,9,13,16-17,19H,8,10-12,14-15H2,1-3H3,(H,25,31)(H,27,30)/t17-/m1/s1. The molecule has 1 atom stereocenters. The molecule has 1 aromatic heterocycles. The number of nitrogens with zero attached hydrogens (tertiary/aromatic N) is 3. The summed E-state index contributed by atoms with van der Waals surface area (Å²) in [6.07, 6.45) is 3.55. The molecule has 0 radical (unpaired) electrons. The van der Waals surface area contributed by atoms with Gasteiger partial charge in [-0.15, -0.1) is 0 Å². The van der Waals surface area contributed by atoms with E-state index in [2.05, 4.69) is 20.6 Å².